The van der Waals surface area contributed by atoms with Crippen molar-refractivity contribution in [1.82, 2.24) is 0 Å². The van der Waals surface area contributed by atoms with Crippen molar-refractivity contribution in [2.75, 3.05) is 0 Å². The molecule has 0 aliphatic heterocycles. The molecule has 1 saturated carbocycles. The molecule has 0 bridgehead atoms. The number of fused-ring (bicyclic) bond motifs is 3. The second kappa shape index (κ2) is 8.41. The van der Waals surface area contributed by atoms with Crippen LogP contribution in [-0.4, -0.2) is 0 Å². The van der Waals surface area contributed by atoms with Crippen molar-refractivity contribution in [2.45, 2.75) is 38.0 Å². The summed E-state index contributed by atoms with van der Waals surface area (Å²) in [4.78, 5) is 0. The lowest BCUT2D eigenvalue weighted by molar-refractivity contribution is 0.445. The van der Waals surface area contributed by atoms with E-state index in [2.05, 4.69) is 30.3 Å². The van der Waals surface area contributed by atoms with Gasteiger partial charge < -0.3 is 0 Å². The average molecular weight is 473 g/mol. The lowest BCUT2D eigenvalue weighted by Gasteiger charge is -2.24. The molecule has 0 amide bonds. The van der Waals surface area contributed by atoms with Gasteiger partial charge in [0.25, 0.3) is 0 Å². The van der Waals surface area contributed by atoms with Gasteiger partial charge in [0.2, 0.25) is 0 Å². The normalized spacial score (nSPS) is 14.8. The first kappa shape index (κ1) is 21.5. The third kappa shape index (κ3) is 3.10. The van der Waals surface area contributed by atoms with Gasteiger partial charge in [0.15, 0.2) is 11.6 Å². The average Bonchev–Trinajstić information content (AvgIpc) is 3.26. The van der Waals surface area contributed by atoms with Gasteiger partial charge in [-0.2, -0.15) is 0 Å². The molecular weight excluding hydrogens is 446 g/mol. The molecule has 0 spiro atoms. The predicted octanol–water partition coefficient (Wildman–Crippen LogP) is 10.1. The Bertz CT molecular complexity index is 1530. The van der Waals surface area contributed by atoms with Crippen LogP contribution in [-0.2, 0) is 0 Å². The number of rotatable bonds is 3. The Kier molecular flexibility index (Phi) is 5.02. The molecule has 2 aliphatic rings. The summed E-state index contributed by atoms with van der Waals surface area (Å²) in [7, 11) is 0. The molecule has 0 radical (unpaired) electrons. The molecule has 0 heterocycles. The van der Waals surface area contributed by atoms with Crippen molar-refractivity contribution >= 4 is 10.8 Å². The van der Waals surface area contributed by atoms with E-state index in [0.717, 1.165) is 27.6 Å². The number of hydrogen-bond acceptors (Lipinski definition) is 0. The maximum Gasteiger partial charge on any atom is 0.167 e. The Morgan fingerprint density at radius 1 is 0.500 bits per heavy atom. The van der Waals surface area contributed by atoms with Crippen molar-refractivity contribution in [1.29, 1.82) is 0 Å². The van der Waals surface area contributed by atoms with E-state index in [0.29, 0.717) is 28.2 Å². The van der Waals surface area contributed by atoms with Crippen LogP contribution in [0, 0.1) is 11.6 Å². The first-order valence-electron chi connectivity index (χ1n) is 13.0. The summed E-state index contributed by atoms with van der Waals surface area (Å²) in [6.45, 7) is 0. The molecule has 2 heteroatoms. The number of hydrogen-bond donors (Lipinski definition) is 0. The smallest absolute Gasteiger partial charge is 0.167 e. The SMILES string of the molecule is Fc1c(F)c(-c2ccccc2)c2c(c1-c1ccccc1)-c1cccc3c(C4CCCCC4)ccc-2c13. The Morgan fingerprint density at radius 3 is 1.64 bits per heavy atom. The molecule has 36 heavy (non-hydrogen) atoms. The maximum atomic E-state index is 16.1. The van der Waals surface area contributed by atoms with Crippen LogP contribution in [0.5, 0.6) is 0 Å². The van der Waals surface area contributed by atoms with Crippen molar-refractivity contribution in [3.63, 3.8) is 0 Å². The minimum Gasteiger partial charge on any atom is -0.203 e. The van der Waals surface area contributed by atoms with Gasteiger partial charge in [-0.15, -0.1) is 0 Å². The highest BCUT2D eigenvalue weighted by Gasteiger charge is 2.34. The molecule has 1 fully saturated rings. The zero-order valence-electron chi connectivity index (χ0n) is 20.0. The minimum absolute atomic E-state index is 0.352. The molecule has 0 atom stereocenters. The van der Waals surface area contributed by atoms with Crippen LogP contribution < -0.4 is 0 Å². The van der Waals surface area contributed by atoms with Gasteiger partial charge in [0.1, 0.15) is 0 Å². The van der Waals surface area contributed by atoms with E-state index < -0.39 is 11.6 Å². The summed E-state index contributed by atoms with van der Waals surface area (Å²) in [6, 6.07) is 29.6. The van der Waals surface area contributed by atoms with E-state index in [1.54, 1.807) is 0 Å². The largest absolute Gasteiger partial charge is 0.203 e. The first-order valence-corrected chi connectivity index (χ1v) is 13.0. The highest BCUT2D eigenvalue weighted by atomic mass is 19.2. The van der Waals surface area contributed by atoms with Crippen LogP contribution in [0.25, 0.3) is 55.3 Å². The van der Waals surface area contributed by atoms with Crippen molar-refractivity contribution in [3.8, 4) is 44.5 Å². The lowest BCUT2D eigenvalue weighted by Crippen LogP contribution is -2.05. The van der Waals surface area contributed by atoms with E-state index in [-0.39, 0.29) is 0 Å². The van der Waals surface area contributed by atoms with E-state index in [1.807, 2.05) is 60.7 Å². The molecule has 5 aromatic rings. The van der Waals surface area contributed by atoms with Crippen LogP contribution in [0.2, 0.25) is 0 Å². The molecular formula is C34H26F2. The number of benzene rings is 5. The summed E-state index contributed by atoms with van der Waals surface area (Å²) in [5, 5.41) is 2.36. The Morgan fingerprint density at radius 2 is 1.06 bits per heavy atom. The predicted molar refractivity (Wildman–Crippen MR) is 145 cm³/mol. The zero-order chi connectivity index (χ0) is 24.2. The Hall–Kier alpha value is -3.78. The van der Waals surface area contributed by atoms with Gasteiger partial charge in [0.05, 0.1) is 0 Å². The second-order valence-corrected chi connectivity index (χ2v) is 10.1. The summed E-state index contributed by atoms with van der Waals surface area (Å²) in [6.07, 6.45) is 6.25. The Labute approximate surface area is 210 Å². The van der Waals surface area contributed by atoms with Crippen LogP contribution in [0.3, 0.4) is 0 Å². The van der Waals surface area contributed by atoms with E-state index in [1.165, 1.54) is 43.1 Å². The molecule has 0 nitrogen and oxygen atoms in total. The molecule has 0 saturated heterocycles. The van der Waals surface area contributed by atoms with E-state index in [4.69, 9.17) is 0 Å². The van der Waals surface area contributed by atoms with E-state index >= 15 is 8.78 Å². The summed E-state index contributed by atoms with van der Waals surface area (Å²) in [5.74, 6) is -1.02. The van der Waals surface area contributed by atoms with Gasteiger partial charge in [-0.1, -0.05) is 110 Å². The molecule has 0 N–H and O–H groups in total. The second-order valence-electron chi connectivity index (χ2n) is 10.1. The highest BCUT2D eigenvalue weighted by Crippen LogP contribution is 2.57. The first-order chi connectivity index (χ1) is 17.7. The number of halogens is 2. The quantitative estimate of drug-likeness (QED) is 0.240. The monoisotopic (exact) mass is 472 g/mol. The van der Waals surface area contributed by atoms with Crippen molar-refractivity contribution in [3.05, 3.63) is 108 Å². The third-order valence-electron chi connectivity index (χ3n) is 8.16. The fraction of sp³-hybridized carbons (Fsp3) is 0.176. The fourth-order valence-corrected chi connectivity index (χ4v) is 6.59. The maximum absolute atomic E-state index is 16.1. The van der Waals surface area contributed by atoms with Crippen LogP contribution >= 0.6 is 0 Å². The lowest BCUT2D eigenvalue weighted by atomic mass is 9.81. The standard InChI is InChI=1S/C34H26F2/c35-33-28(22-13-6-2-7-14-22)31-26-18-10-17-25-24(21-11-4-1-5-12-21)19-20-27(30(25)26)32(31)29(34(33)36)23-15-8-3-9-16-23/h2-3,6-10,13-21H,1,4-5,11-12H2. The molecule has 2 aliphatic carbocycles. The van der Waals surface area contributed by atoms with Crippen molar-refractivity contribution in [2.24, 2.45) is 0 Å². The van der Waals surface area contributed by atoms with Gasteiger partial charge >= 0.3 is 0 Å². The Balaban J connectivity index is 1.61. The molecule has 176 valence electrons. The minimum atomic E-state index is -0.781. The molecule has 5 aromatic carbocycles. The van der Waals surface area contributed by atoms with Crippen LogP contribution in [0.15, 0.2) is 91.0 Å². The molecule has 0 unspecified atom stereocenters. The molecule has 0 aromatic heterocycles. The third-order valence-corrected chi connectivity index (χ3v) is 8.16. The van der Waals surface area contributed by atoms with Crippen molar-refractivity contribution < 1.29 is 8.78 Å². The molecule has 7 rings (SSSR count). The van der Waals surface area contributed by atoms with Gasteiger partial charge in [-0.05, 0) is 57.3 Å². The zero-order valence-corrected chi connectivity index (χ0v) is 20.0. The summed E-state index contributed by atoms with van der Waals surface area (Å²) in [5.41, 5.74) is 7.10. The highest BCUT2D eigenvalue weighted by molar-refractivity contribution is 6.21. The van der Waals surface area contributed by atoms with Crippen LogP contribution in [0.1, 0.15) is 43.6 Å². The van der Waals surface area contributed by atoms with Crippen LogP contribution in [0.4, 0.5) is 8.78 Å². The summed E-state index contributed by atoms with van der Waals surface area (Å²) >= 11 is 0. The van der Waals surface area contributed by atoms with Gasteiger partial charge in [-0.3, -0.25) is 0 Å². The van der Waals surface area contributed by atoms with E-state index in [9.17, 15) is 0 Å². The summed E-state index contributed by atoms with van der Waals surface area (Å²) < 4.78 is 32.2. The topological polar surface area (TPSA) is 0 Å². The van der Waals surface area contributed by atoms with Gasteiger partial charge in [-0.25, -0.2) is 8.78 Å². The van der Waals surface area contributed by atoms with Gasteiger partial charge in [0, 0.05) is 22.3 Å². The fourth-order valence-electron chi connectivity index (χ4n) is 6.59.